The number of nitrogens with two attached hydrogens (primary N) is 1. The number of nitrogens with zero attached hydrogens (tertiary/aromatic N) is 1. The van der Waals surface area contributed by atoms with E-state index in [0.29, 0.717) is 19.7 Å². The van der Waals surface area contributed by atoms with Crippen LogP contribution in [0, 0.1) is 0 Å². The van der Waals surface area contributed by atoms with Crippen molar-refractivity contribution in [2.45, 2.75) is 20.3 Å². The van der Waals surface area contributed by atoms with Gasteiger partial charge in [0, 0.05) is 13.1 Å². The molecule has 0 rings (SSSR count). The highest BCUT2D eigenvalue weighted by molar-refractivity contribution is 5.68. The Morgan fingerprint density at radius 3 is 2.40 bits per heavy atom. The van der Waals surface area contributed by atoms with Crippen LogP contribution in [-0.4, -0.2) is 42.4 Å². The highest BCUT2D eigenvalue weighted by Crippen LogP contribution is 1.92. The fourth-order valence-electron chi connectivity index (χ4n) is 0.772. The van der Waals surface area contributed by atoms with Crippen molar-refractivity contribution >= 4 is 5.97 Å². The molecule has 0 aromatic rings. The second-order valence-corrected chi connectivity index (χ2v) is 2.70. The number of hydroxylamine groups is 2. The monoisotopic (exact) mass is 218 g/mol. The van der Waals surface area contributed by atoms with Gasteiger partial charge in [0.1, 0.15) is 6.54 Å². The Bertz CT molecular complexity index is 157. The number of hydrogen-bond acceptors (Lipinski definition) is 4. The fraction of sp³-hybridized carbons (Fsp3) is 0.700. The molecule has 0 unspecified atom stereocenters. The van der Waals surface area contributed by atoms with Crippen LogP contribution in [0.25, 0.3) is 0 Å². The average molecular weight is 218 g/mol. The van der Waals surface area contributed by atoms with E-state index in [1.54, 1.807) is 6.08 Å². The van der Waals surface area contributed by atoms with E-state index in [1.807, 2.05) is 13.8 Å². The summed E-state index contributed by atoms with van der Waals surface area (Å²) in [6.45, 7) is 8.90. The van der Waals surface area contributed by atoms with Crippen molar-refractivity contribution in [2.75, 3.05) is 26.2 Å². The van der Waals surface area contributed by atoms with Crippen molar-refractivity contribution in [3.63, 3.8) is 0 Å². The zero-order valence-corrected chi connectivity index (χ0v) is 9.61. The number of rotatable bonds is 7. The van der Waals surface area contributed by atoms with Gasteiger partial charge in [-0.05, 0) is 13.3 Å². The summed E-state index contributed by atoms with van der Waals surface area (Å²) in [5, 5.41) is 9.88. The number of aliphatic carboxylic acids is 1. The molecule has 3 N–H and O–H groups in total. The molecule has 0 bridgehead atoms. The molecule has 0 atom stereocenters. The van der Waals surface area contributed by atoms with Gasteiger partial charge in [0.25, 0.3) is 0 Å². The van der Waals surface area contributed by atoms with Crippen molar-refractivity contribution in [3.05, 3.63) is 12.7 Å². The van der Waals surface area contributed by atoms with Gasteiger partial charge in [-0.2, -0.15) is 5.06 Å². The summed E-state index contributed by atoms with van der Waals surface area (Å²) in [4.78, 5) is 15.3. The normalized spacial score (nSPS) is 9.33. The predicted octanol–water partition coefficient (Wildman–Crippen LogP) is 0.866. The molecule has 0 spiro atoms. The second-order valence-electron chi connectivity index (χ2n) is 2.70. The largest absolute Gasteiger partial charge is 0.480 e. The van der Waals surface area contributed by atoms with E-state index in [0.717, 1.165) is 6.42 Å². The minimum atomic E-state index is -0.855. The van der Waals surface area contributed by atoms with Crippen LogP contribution in [0.2, 0.25) is 0 Å². The predicted molar refractivity (Wildman–Crippen MR) is 60.4 cm³/mol. The third-order valence-electron chi connectivity index (χ3n) is 1.26. The molecule has 0 aromatic carbocycles. The van der Waals surface area contributed by atoms with Crippen LogP contribution in [0.15, 0.2) is 12.7 Å². The Hall–Kier alpha value is -0.910. The summed E-state index contributed by atoms with van der Waals surface area (Å²) in [6.07, 6.45) is 2.55. The molecule has 0 aliphatic rings. The Morgan fingerprint density at radius 1 is 1.60 bits per heavy atom. The number of carbonyl (C=O) groups is 1. The first-order valence-electron chi connectivity index (χ1n) is 5.02. The summed E-state index contributed by atoms with van der Waals surface area (Å²) in [6, 6.07) is 0. The van der Waals surface area contributed by atoms with Gasteiger partial charge in [-0.3, -0.25) is 9.63 Å². The molecule has 5 nitrogen and oxygen atoms in total. The van der Waals surface area contributed by atoms with Crippen molar-refractivity contribution in [2.24, 2.45) is 5.73 Å². The van der Waals surface area contributed by atoms with Crippen LogP contribution in [-0.2, 0) is 9.63 Å². The smallest absolute Gasteiger partial charge is 0.320 e. The minimum Gasteiger partial charge on any atom is -0.480 e. The van der Waals surface area contributed by atoms with Gasteiger partial charge in [-0.15, -0.1) is 6.58 Å². The first kappa shape index (κ1) is 16.5. The maximum absolute atomic E-state index is 10.2. The van der Waals surface area contributed by atoms with Gasteiger partial charge in [-0.25, -0.2) is 0 Å². The second kappa shape index (κ2) is 13.1. The van der Waals surface area contributed by atoms with E-state index in [9.17, 15) is 4.79 Å². The van der Waals surface area contributed by atoms with Crippen molar-refractivity contribution in [1.29, 1.82) is 0 Å². The van der Waals surface area contributed by atoms with E-state index < -0.39 is 5.97 Å². The SMILES string of the molecule is C=CCN.CCCN(CC(=O)O)OCC. The summed E-state index contributed by atoms with van der Waals surface area (Å²) in [7, 11) is 0. The van der Waals surface area contributed by atoms with Gasteiger partial charge in [0.15, 0.2) is 0 Å². The Kier molecular flexibility index (Phi) is 14.4. The topological polar surface area (TPSA) is 75.8 Å². The van der Waals surface area contributed by atoms with Crippen molar-refractivity contribution in [1.82, 2.24) is 5.06 Å². The number of carboxylic acids is 1. The van der Waals surface area contributed by atoms with E-state index in [1.165, 1.54) is 5.06 Å². The molecule has 0 amide bonds. The van der Waals surface area contributed by atoms with E-state index in [2.05, 4.69) is 6.58 Å². The van der Waals surface area contributed by atoms with Crippen molar-refractivity contribution in [3.8, 4) is 0 Å². The van der Waals surface area contributed by atoms with Crippen molar-refractivity contribution < 1.29 is 14.7 Å². The van der Waals surface area contributed by atoms with Crippen LogP contribution in [0.3, 0.4) is 0 Å². The molecule has 90 valence electrons. The van der Waals surface area contributed by atoms with Gasteiger partial charge < -0.3 is 10.8 Å². The lowest BCUT2D eigenvalue weighted by atomic mass is 10.4. The zero-order chi connectivity index (χ0) is 12.1. The van der Waals surface area contributed by atoms with Gasteiger partial charge >= 0.3 is 5.97 Å². The highest BCUT2D eigenvalue weighted by atomic mass is 16.7. The molecular formula is C10H22N2O3. The summed E-state index contributed by atoms with van der Waals surface area (Å²) < 4.78 is 0. The molecular weight excluding hydrogens is 196 g/mol. The highest BCUT2D eigenvalue weighted by Gasteiger charge is 2.07. The molecule has 0 aliphatic heterocycles. The van der Waals surface area contributed by atoms with Crippen LogP contribution in [0.1, 0.15) is 20.3 Å². The maximum Gasteiger partial charge on any atom is 0.320 e. The summed E-state index contributed by atoms with van der Waals surface area (Å²) in [5.41, 5.74) is 4.91. The van der Waals surface area contributed by atoms with Crippen LogP contribution in [0.4, 0.5) is 0 Å². The Labute approximate surface area is 91.5 Å². The Balaban J connectivity index is 0. The molecule has 0 fully saturated rings. The third kappa shape index (κ3) is 15.8. The lowest BCUT2D eigenvalue weighted by Crippen LogP contribution is -2.30. The Morgan fingerprint density at radius 2 is 2.13 bits per heavy atom. The quantitative estimate of drug-likeness (QED) is 0.490. The fourth-order valence-corrected chi connectivity index (χ4v) is 0.772. The third-order valence-corrected chi connectivity index (χ3v) is 1.26. The standard InChI is InChI=1S/C7H15NO3.C3H7N/c1-3-5-8(11-4-2)6-7(9)10;1-2-3-4/h3-6H2,1-2H3,(H,9,10);2H,1,3-4H2. The van der Waals surface area contributed by atoms with Crippen LogP contribution >= 0.6 is 0 Å². The van der Waals surface area contributed by atoms with Gasteiger partial charge in [0.2, 0.25) is 0 Å². The van der Waals surface area contributed by atoms with E-state index >= 15 is 0 Å². The molecule has 5 heteroatoms. The molecule has 0 heterocycles. The summed E-state index contributed by atoms with van der Waals surface area (Å²) in [5.74, 6) is -0.855. The van der Waals surface area contributed by atoms with Crippen LogP contribution < -0.4 is 5.73 Å². The van der Waals surface area contributed by atoms with Gasteiger partial charge in [-0.1, -0.05) is 13.0 Å². The molecule has 0 aromatic heterocycles. The first-order chi connectivity index (χ1) is 7.12. The van der Waals surface area contributed by atoms with Gasteiger partial charge in [0.05, 0.1) is 6.61 Å². The number of carboxylic acid groups (broad SMARTS) is 1. The maximum atomic E-state index is 10.2. The minimum absolute atomic E-state index is 0.0400. The molecule has 0 aliphatic carbocycles. The molecule has 0 saturated heterocycles. The van der Waals surface area contributed by atoms with E-state index in [-0.39, 0.29) is 6.54 Å². The number of hydrogen-bond donors (Lipinski definition) is 2. The zero-order valence-electron chi connectivity index (χ0n) is 9.61. The molecule has 15 heavy (non-hydrogen) atoms. The average Bonchev–Trinajstić information content (AvgIpc) is 2.18. The van der Waals surface area contributed by atoms with Crippen LogP contribution in [0.5, 0.6) is 0 Å². The first-order valence-corrected chi connectivity index (χ1v) is 5.02. The lowest BCUT2D eigenvalue weighted by Gasteiger charge is -2.17. The molecule has 0 radical (unpaired) electrons. The summed E-state index contributed by atoms with van der Waals surface area (Å²) >= 11 is 0. The lowest BCUT2D eigenvalue weighted by molar-refractivity contribution is -0.174. The van der Waals surface area contributed by atoms with E-state index in [4.69, 9.17) is 15.7 Å². The molecule has 0 saturated carbocycles.